The molecule has 1 fully saturated rings. The predicted octanol–water partition coefficient (Wildman–Crippen LogP) is 3.82. The lowest BCUT2D eigenvalue weighted by molar-refractivity contribution is 0.459. The Bertz CT molecular complexity index is 1120. The number of sulfonamides is 1. The number of hydrogen-bond donors (Lipinski definition) is 1. The molecule has 0 amide bonds. The van der Waals surface area contributed by atoms with E-state index in [1.165, 1.54) is 33.6 Å². The molecule has 2 aliphatic rings. The van der Waals surface area contributed by atoms with Crippen LogP contribution in [0, 0.1) is 5.92 Å². The summed E-state index contributed by atoms with van der Waals surface area (Å²) < 4.78 is 28.3. The van der Waals surface area contributed by atoms with E-state index in [1.807, 2.05) is 11.3 Å². The predicted molar refractivity (Wildman–Crippen MR) is 118 cm³/mol. The van der Waals surface area contributed by atoms with Crippen molar-refractivity contribution in [1.29, 1.82) is 0 Å². The minimum Gasteiger partial charge on any atom is -0.356 e. The second kappa shape index (κ2) is 7.61. The monoisotopic (exact) mass is 448 g/mol. The van der Waals surface area contributed by atoms with Crippen LogP contribution < -0.4 is 9.62 Å². The minimum absolute atomic E-state index is 0.0343. The highest BCUT2D eigenvalue weighted by Crippen LogP contribution is 2.41. The molecule has 3 aromatic heterocycles. The second-order valence-corrected chi connectivity index (χ2v) is 12.0. The first-order valence-electron chi connectivity index (χ1n) is 10.1. The van der Waals surface area contributed by atoms with Gasteiger partial charge in [0.25, 0.3) is 0 Å². The Morgan fingerprint density at radius 2 is 2.03 bits per heavy atom. The molecule has 0 spiro atoms. The Hall–Kier alpha value is -1.55. The van der Waals surface area contributed by atoms with E-state index in [0.717, 1.165) is 55.3 Å². The van der Waals surface area contributed by atoms with Crippen molar-refractivity contribution in [2.45, 2.75) is 49.3 Å². The Morgan fingerprint density at radius 1 is 1.21 bits per heavy atom. The van der Waals surface area contributed by atoms with Crippen molar-refractivity contribution in [2.24, 2.45) is 5.92 Å². The molecule has 1 aliphatic heterocycles. The molecule has 1 atom stereocenters. The molecule has 0 radical (unpaired) electrons. The van der Waals surface area contributed by atoms with Gasteiger partial charge in [-0.25, -0.2) is 23.1 Å². The Morgan fingerprint density at radius 3 is 2.79 bits per heavy atom. The maximum Gasteiger partial charge on any atom is 0.250 e. The van der Waals surface area contributed by atoms with Crippen molar-refractivity contribution >= 4 is 48.7 Å². The summed E-state index contributed by atoms with van der Waals surface area (Å²) in [5.41, 5.74) is 1.44. The van der Waals surface area contributed by atoms with Gasteiger partial charge >= 0.3 is 0 Å². The van der Waals surface area contributed by atoms with Gasteiger partial charge in [-0.3, -0.25) is 0 Å². The number of aryl methyl sites for hydroxylation is 1. The van der Waals surface area contributed by atoms with Gasteiger partial charge in [-0.2, -0.15) is 0 Å². The number of thiophene rings is 2. The molecule has 29 heavy (non-hydrogen) atoms. The summed E-state index contributed by atoms with van der Waals surface area (Å²) >= 11 is 3.07. The summed E-state index contributed by atoms with van der Waals surface area (Å²) in [6.07, 6.45) is 6.70. The van der Waals surface area contributed by atoms with Crippen molar-refractivity contribution in [2.75, 3.05) is 18.0 Å². The standard InChI is InChI=1S/C20H24N4O2S3/c1-13-4-5-15-16(11-13)28-20-18(15)19(21-12-22-20)24-8-6-14(7-9-24)23-29(25,26)17-3-2-10-27-17/h2-3,10,12-14,23H,4-9,11H2,1H3. The van der Waals surface area contributed by atoms with Gasteiger partial charge in [-0.05, 0) is 55.0 Å². The molecule has 1 saturated heterocycles. The molecular weight excluding hydrogens is 424 g/mol. The summed E-state index contributed by atoms with van der Waals surface area (Å²) in [4.78, 5) is 14.1. The minimum atomic E-state index is -3.42. The fraction of sp³-hybridized carbons (Fsp3) is 0.500. The number of piperidine rings is 1. The zero-order valence-electron chi connectivity index (χ0n) is 16.3. The topological polar surface area (TPSA) is 75.2 Å². The quantitative estimate of drug-likeness (QED) is 0.657. The molecule has 6 nitrogen and oxygen atoms in total. The van der Waals surface area contributed by atoms with Crippen LogP contribution in [-0.4, -0.2) is 37.5 Å². The molecule has 3 aromatic rings. The van der Waals surface area contributed by atoms with Crippen molar-refractivity contribution in [1.82, 2.24) is 14.7 Å². The first-order valence-corrected chi connectivity index (χ1v) is 13.3. The number of aromatic nitrogens is 2. The molecule has 9 heteroatoms. The largest absolute Gasteiger partial charge is 0.356 e. The Kier molecular flexibility index (Phi) is 5.09. The highest BCUT2D eigenvalue weighted by molar-refractivity contribution is 7.91. The molecule has 1 N–H and O–H groups in total. The van der Waals surface area contributed by atoms with Gasteiger partial charge in [-0.1, -0.05) is 13.0 Å². The van der Waals surface area contributed by atoms with Crippen LogP contribution in [0.2, 0.25) is 0 Å². The highest BCUT2D eigenvalue weighted by Gasteiger charge is 2.29. The van der Waals surface area contributed by atoms with Crippen LogP contribution in [0.1, 0.15) is 36.6 Å². The number of anilines is 1. The van der Waals surface area contributed by atoms with Crippen molar-refractivity contribution in [3.63, 3.8) is 0 Å². The van der Waals surface area contributed by atoms with Gasteiger partial charge in [0.15, 0.2) is 0 Å². The van der Waals surface area contributed by atoms with Gasteiger partial charge in [-0.15, -0.1) is 22.7 Å². The molecule has 4 heterocycles. The smallest absolute Gasteiger partial charge is 0.250 e. The van der Waals surface area contributed by atoms with Gasteiger partial charge < -0.3 is 4.90 Å². The van der Waals surface area contributed by atoms with Gasteiger partial charge in [0.1, 0.15) is 21.2 Å². The molecule has 5 rings (SSSR count). The van der Waals surface area contributed by atoms with Crippen LogP contribution in [0.25, 0.3) is 10.2 Å². The highest BCUT2D eigenvalue weighted by atomic mass is 32.2. The van der Waals surface area contributed by atoms with Crippen molar-refractivity contribution in [3.05, 3.63) is 34.3 Å². The zero-order valence-corrected chi connectivity index (χ0v) is 18.7. The lowest BCUT2D eigenvalue weighted by atomic mass is 9.89. The van der Waals surface area contributed by atoms with Crippen LogP contribution in [0.3, 0.4) is 0 Å². The first kappa shape index (κ1) is 19.4. The maximum absolute atomic E-state index is 12.5. The van der Waals surface area contributed by atoms with Crippen molar-refractivity contribution < 1.29 is 8.42 Å². The van der Waals surface area contributed by atoms with E-state index in [4.69, 9.17) is 0 Å². The fourth-order valence-electron chi connectivity index (χ4n) is 4.40. The van der Waals surface area contributed by atoms with E-state index in [2.05, 4.69) is 26.5 Å². The molecule has 1 unspecified atom stereocenters. The van der Waals surface area contributed by atoms with Crippen molar-refractivity contribution in [3.8, 4) is 0 Å². The van der Waals surface area contributed by atoms with E-state index < -0.39 is 10.0 Å². The number of rotatable bonds is 4. The summed E-state index contributed by atoms with van der Waals surface area (Å²) in [5, 5.41) is 3.02. The normalized spacial score (nSPS) is 20.9. The maximum atomic E-state index is 12.5. The fourth-order valence-corrected chi connectivity index (χ4v) is 8.06. The van der Waals surface area contributed by atoms with Crippen LogP contribution in [0.15, 0.2) is 28.0 Å². The Labute approximate surface area is 179 Å². The van der Waals surface area contributed by atoms with E-state index >= 15 is 0 Å². The third-order valence-corrected chi connectivity index (χ3v) is 10.0. The SMILES string of the molecule is CC1CCc2c(sc3ncnc(N4CCC(NS(=O)(=O)c5cccs5)CC4)c23)C1. The molecule has 154 valence electrons. The second-order valence-electron chi connectivity index (χ2n) is 8.04. The first-order chi connectivity index (χ1) is 14.0. The number of hydrogen-bond acceptors (Lipinski definition) is 7. The van der Waals surface area contributed by atoms with Gasteiger partial charge in [0.05, 0.1) is 5.39 Å². The molecule has 0 bridgehead atoms. The van der Waals surface area contributed by atoms with Gasteiger partial charge in [0, 0.05) is 24.0 Å². The lowest BCUT2D eigenvalue weighted by Gasteiger charge is -2.33. The zero-order chi connectivity index (χ0) is 20.0. The number of nitrogens with one attached hydrogen (secondary N) is 1. The van der Waals surface area contributed by atoms with E-state index in [0.29, 0.717) is 4.21 Å². The molecule has 0 saturated carbocycles. The molecule has 1 aliphatic carbocycles. The average molecular weight is 449 g/mol. The van der Waals surface area contributed by atoms with Crippen LogP contribution >= 0.6 is 22.7 Å². The summed E-state index contributed by atoms with van der Waals surface area (Å²) in [7, 11) is -3.42. The average Bonchev–Trinajstić information content (AvgIpc) is 3.36. The Balaban J connectivity index is 1.34. The van der Waals surface area contributed by atoms with Crippen LogP contribution in [0.4, 0.5) is 5.82 Å². The number of fused-ring (bicyclic) bond motifs is 3. The van der Waals surface area contributed by atoms with Crippen LogP contribution in [0.5, 0.6) is 0 Å². The summed E-state index contributed by atoms with van der Waals surface area (Å²) in [5.74, 6) is 1.76. The number of nitrogens with zero attached hydrogens (tertiary/aromatic N) is 3. The summed E-state index contributed by atoms with van der Waals surface area (Å²) in [6.45, 7) is 3.91. The van der Waals surface area contributed by atoms with Gasteiger partial charge in [0.2, 0.25) is 10.0 Å². The van der Waals surface area contributed by atoms with E-state index in [1.54, 1.807) is 23.8 Å². The third kappa shape index (κ3) is 3.69. The third-order valence-electron chi connectivity index (χ3n) is 5.95. The molecule has 0 aromatic carbocycles. The van der Waals surface area contributed by atoms with E-state index in [-0.39, 0.29) is 6.04 Å². The van der Waals surface area contributed by atoms with E-state index in [9.17, 15) is 8.42 Å². The lowest BCUT2D eigenvalue weighted by Crippen LogP contribution is -2.44. The summed E-state index contributed by atoms with van der Waals surface area (Å²) in [6, 6.07) is 3.39. The molecular formula is C20H24N4O2S3. The van der Waals surface area contributed by atoms with Crippen LogP contribution in [-0.2, 0) is 22.9 Å².